The van der Waals surface area contributed by atoms with Crippen LogP contribution in [0.3, 0.4) is 0 Å². The molecular formula is C17H28N4O. The molecule has 0 aliphatic carbocycles. The molecule has 0 bridgehead atoms. The average molecular weight is 304 g/mol. The quantitative estimate of drug-likeness (QED) is 0.855. The highest BCUT2D eigenvalue weighted by molar-refractivity contribution is 5.48. The fourth-order valence-corrected chi connectivity index (χ4v) is 3.70. The number of piperidine rings is 1. The predicted octanol–water partition coefficient (Wildman–Crippen LogP) is 2.03. The minimum Gasteiger partial charge on any atom is -0.379 e. The maximum Gasteiger partial charge on any atom is 0.154 e. The molecule has 2 fully saturated rings. The molecule has 0 saturated carbocycles. The van der Waals surface area contributed by atoms with Crippen LogP contribution in [0.2, 0.25) is 0 Å². The molecular weight excluding hydrogens is 276 g/mol. The van der Waals surface area contributed by atoms with Gasteiger partial charge in [-0.2, -0.15) is 5.10 Å². The summed E-state index contributed by atoms with van der Waals surface area (Å²) in [6.45, 7) is 12.8. The topological polar surface area (TPSA) is 41.5 Å². The molecule has 0 amide bonds. The first-order valence-corrected chi connectivity index (χ1v) is 8.52. The van der Waals surface area contributed by atoms with Gasteiger partial charge in [-0.1, -0.05) is 0 Å². The Bertz CT molecular complexity index is 493. The van der Waals surface area contributed by atoms with E-state index in [9.17, 15) is 0 Å². The Hall–Kier alpha value is -1.20. The second-order valence-electron chi connectivity index (χ2n) is 6.69. The van der Waals surface area contributed by atoms with Crippen molar-refractivity contribution in [3.8, 4) is 0 Å². The van der Waals surface area contributed by atoms with Gasteiger partial charge in [0.25, 0.3) is 0 Å². The number of aryl methyl sites for hydroxylation is 1. The Morgan fingerprint density at radius 1 is 1.14 bits per heavy atom. The normalized spacial score (nSPS) is 22.8. The van der Waals surface area contributed by atoms with Crippen LogP contribution in [0.25, 0.3) is 0 Å². The van der Waals surface area contributed by atoms with Crippen LogP contribution >= 0.6 is 0 Å². The summed E-state index contributed by atoms with van der Waals surface area (Å²) in [5.41, 5.74) is 2.50. The molecule has 5 nitrogen and oxygen atoms in total. The molecule has 0 radical (unpaired) electrons. The first-order chi connectivity index (χ1) is 10.7. The number of anilines is 1. The molecule has 2 aliphatic rings. The summed E-state index contributed by atoms with van der Waals surface area (Å²) in [5, 5.41) is 8.51. The van der Waals surface area contributed by atoms with Gasteiger partial charge >= 0.3 is 0 Å². The summed E-state index contributed by atoms with van der Waals surface area (Å²) in [6.07, 6.45) is 4.34. The minimum atomic E-state index is 0.663. The van der Waals surface area contributed by atoms with Gasteiger partial charge in [0.2, 0.25) is 0 Å². The van der Waals surface area contributed by atoms with E-state index in [-0.39, 0.29) is 0 Å². The molecule has 122 valence electrons. The number of ether oxygens (including phenoxy) is 1. The Morgan fingerprint density at radius 2 is 1.82 bits per heavy atom. The van der Waals surface area contributed by atoms with Crippen molar-refractivity contribution in [3.05, 3.63) is 17.3 Å². The third kappa shape index (κ3) is 3.25. The predicted molar refractivity (Wildman–Crippen MR) is 88.3 cm³/mol. The van der Waals surface area contributed by atoms with Crippen LogP contribution in [0.15, 0.2) is 6.20 Å². The molecule has 1 aromatic rings. The van der Waals surface area contributed by atoms with Gasteiger partial charge in [0.15, 0.2) is 5.82 Å². The number of hydrogen-bond donors (Lipinski definition) is 0. The van der Waals surface area contributed by atoms with Crippen molar-refractivity contribution in [2.24, 2.45) is 5.92 Å². The summed E-state index contributed by atoms with van der Waals surface area (Å²) < 4.78 is 5.47. The fourth-order valence-electron chi connectivity index (χ4n) is 3.70. The molecule has 5 heteroatoms. The van der Waals surface area contributed by atoms with Crippen LogP contribution < -0.4 is 4.90 Å². The largest absolute Gasteiger partial charge is 0.379 e. The van der Waals surface area contributed by atoms with Crippen LogP contribution in [-0.4, -0.2) is 60.5 Å². The Kier molecular flexibility index (Phi) is 4.93. The number of aromatic nitrogens is 2. The van der Waals surface area contributed by atoms with Crippen molar-refractivity contribution in [2.75, 3.05) is 44.3 Å². The van der Waals surface area contributed by atoms with Gasteiger partial charge in [0.05, 0.1) is 19.4 Å². The maximum absolute atomic E-state index is 5.47. The van der Waals surface area contributed by atoms with Crippen molar-refractivity contribution in [2.45, 2.75) is 39.7 Å². The highest BCUT2D eigenvalue weighted by Gasteiger charge is 2.29. The second kappa shape index (κ2) is 6.92. The molecule has 1 unspecified atom stereocenters. The van der Waals surface area contributed by atoms with E-state index in [1.807, 2.05) is 6.20 Å². The van der Waals surface area contributed by atoms with E-state index < -0.39 is 0 Å². The second-order valence-corrected chi connectivity index (χ2v) is 6.69. The van der Waals surface area contributed by atoms with Gasteiger partial charge in [0.1, 0.15) is 0 Å². The molecule has 0 spiro atoms. The molecule has 3 rings (SSSR count). The van der Waals surface area contributed by atoms with Crippen molar-refractivity contribution in [1.29, 1.82) is 0 Å². The van der Waals surface area contributed by atoms with Gasteiger partial charge in [-0.25, -0.2) is 0 Å². The average Bonchev–Trinajstić information content (AvgIpc) is 2.58. The van der Waals surface area contributed by atoms with E-state index >= 15 is 0 Å². The van der Waals surface area contributed by atoms with Crippen molar-refractivity contribution < 1.29 is 4.74 Å². The Morgan fingerprint density at radius 3 is 2.50 bits per heavy atom. The number of hydrogen-bond acceptors (Lipinski definition) is 5. The molecule has 22 heavy (non-hydrogen) atoms. The molecule has 0 aromatic carbocycles. The molecule has 0 N–H and O–H groups in total. The summed E-state index contributed by atoms with van der Waals surface area (Å²) in [5.74, 6) is 1.87. The van der Waals surface area contributed by atoms with E-state index in [2.05, 4.69) is 40.8 Å². The molecule has 2 saturated heterocycles. The lowest BCUT2D eigenvalue weighted by Crippen LogP contribution is -2.48. The lowest BCUT2D eigenvalue weighted by molar-refractivity contribution is 0.00447. The molecule has 2 aliphatic heterocycles. The smallest absolute Gasteiger partial charge is 0.154 e. The number of rotatable bonds is 3. The van der Waals surface area contributed by atoms with E-state index in [1.165, 1.54) is 24.0 Å². The standard InChI is InChI=1S/C17H28N4O/c1-13-12-18-19-17(14(13)2)21-6-4-16(5-7-21)15(3)20-8-10-22-11-9-20/h12,15-16H,4-11H2,1-3H3. The van der Waals surface area contributed by atoms with Gasteiger partial charge in [-0.15, -0.1) is 5.10 Å². The number of morpholine rings is 1. The summed E-state index contributed by atoms with van der Waals surface area (Å²) >= 11 is 0. The maximum atomic E-state index is 5.47. The fraction of sp³-hybridized carbons (Fsp3) is 0.765. The minimum absolute atomic E-state index is 0.663. The summed E-state index contributed by atoms with van der Waals surface area (Å²) in [4.78, 5) is 5.01. The van der Waals surface area contributed by atoms with Crippen LogP contribution in [0, 0.1) is 19.8 Å². The van der Waals surface area contributed by atoms with E-state index in [4.69, 9.17) is 4.74 Å². The zero-order valence-corrected chi connectivity index (χ0v) is 14.1. The van der Waals surface area contributed by atoms with Crippen LogP contribution in [0.4, 0.5) is 5.82 Å². The lowest BCUT2D eigenvalue weighted by atomic mass is 9.89. The van der Waals surface area contributed by atoms with Crippen molar-refractivity contribution in [3.63, 3.8) is 0 Å². The number of nitrogens with zero attached hydrogens (tertiary/aromatic N) is 4. The van der Waals surface area contributed by atoms with Gasteiger partial charge in [-0.05, 0) is 50.7 Å². The van der Waals surface area contributed by atoms with Crippen LogP contribution in [-0.2, 0) is 4.74 Å². The van der Waals surface area contributed by atoms with Crippen LogP contribution in [0.1, 0.15) is 30.9 Å². The van der Waals surface area contributed by atoms with Gasteiger partial charge in [0, 0.05) is 32.2 Å². The van der Waals surface area contributed by atoms with Crippen LogP contribution in [0.5, 0.6) is 0 Å². The first-order valence-electron chi connectivity index (χ1n) is 8.52. The van der Waals surface area contributed by atoms with E-state index in [0.717, 1.165) is 51.1 Å². The van der Waals surface area contributed by atoms with Gasteiger partial charge < -0.3 is 9.64 Å². The summed E-state index contributed by atoms with van der Waals surface area (Å²) in [7, 11) is 0. The highest BCUT2D eigenvalue weighted by atomic mass is 16.5. The van der Waals surface area contributed by atoms with E-state index in [1.54, 1.807) is 0 Å². The molecule has 1 aromatic heterocycles. The van der Waals surface area contributed by atoms with Crippen molar-refractivity contribution >= 4 is 5.82 Å². The monoisotopic (exact) mass is 304 g/mol. The third-order valence-corrected chi connectivity index (χ3v) is 5.47. The highest BCUT2D eigenvalue weighted by Crippen LogP contribution is 2.28. The molecule has 3 heterocycles. The van der Waals surface area contributed by atoms with E-state index in [0.29, 0.717) is 6.04 Å². The summed E-state index contributed by atoms with van der Waals surface area (Å²) in [6, 6.07) is 0.663. The Balaban J connectivity index is 1.59. The van der Waals surface area contributed by atoms with Gasteiger partial charge in [-0.3, -0.25) is 4.90 Å². The lowest BCUT2D eigenvalue weighted by Gasteiger charge is -2.41. The Labute approximate surface area is 133 Å². The zero-order valence-electron chi connectivity index (χ0n) is 14.1. The first kappa shape index (κ1) is 15.7. The SMILES string of the molecule is Cc1cnnc(N2CCC(C(C)N3CCOCC3)CC2)c1C. The molecule has 1 atom stereocenters. The van der Waals surface area contributed by atoms with Crippen molar-refractivity contribution in [1.82, 2.24) is 15.1 Å². The third-order valence-electron chi connectivity index (χ3n) is 5.47. The zero-order chi connectivity index (χ0) is 15.5.